The van der Waals surface area contributed by atoms with Crippen LogP contribution in [0.1, 0.15) is 42.5 Å². The summed E-state index contributed by atoms with van der Waals surface area (Å²) in [6.07, 6.45) is 12.8. The quantitative estimate of drug-likeness (QED) is 0.303. The summed E-state index contributed by atoms with van der Waals surface area (Å²) in [7, 11) is 3.31. The number of rotatable bonds is 9. The molecule has 0 radical (unpaired) electrons. The van der Waals surface area contributed by atoms with Crippen LogP contribution in [0.2, 0.25) is 0 Å². The molecule has 1 fully saturated rings. The Labute approximate surface area is 213 Å². The lowest BCUT2D eigenvalue weighted by Gasteiger charge is -2.21. The van der Waals surface area contributed by atoms with Crippen molar-refractivity contribution in [1.29, 1.82) is 0 Å². The van der Waals surface area contributed by atoms with Gasteiger partial charge in [-0.15, -0.1) is 0 Å². The molecule has 4 aromatic rings. The first-order chi connectivity index (χ1) is 18.0. The highest BCUT2D eigenvalue weighted by atomic mass is 16.5. The van der Waals surface area contributed by atoms with Crippen LogP contribution in [-0.2, 0) is 13.6 Å². The minimum atomic E-state index is -1.16. The van der Waals surface area contributed by atoms with E-state index in [2.05, 4.69) is 35.8 Å². The molecule has 3 N–H and O–H groups in total. The minimum Gasteiger partial charge on any atom is -0.494 e. The summed E-state index contributed by atoms with van der Waals surface area (Å²) in [5, 5.41) is 24.8. The predicted molar refractivity (Wildman–Crippen MR) is 137 cm³/mol. The molecule has 3 heterocycles. The summed E-state index contributed by atoms with van der Waals surface area (Å²) in [6.45, 7) is 0.883. The first-order valence-corrected chi connectivity index (χ1v) is 12.2. The highest BCUT2D eigenvalue weighted by Crippen LogP contribution is 2.36. The summed E-state index contributed by atoms with van der Waals surface area (Å²) in [4.78, 5) is 24.9. The van der Waals surface area contributed by atoms with Gasteiger partial charge in [-0.05, 0) is 30.9 Å². The van der Waals surface area contributed by atoms with E-state index in [1.165, 1.54) is 45.4 Å². The van der Waals surface area contributed by atoms with Gasteiger partial charge >= 0.3 is 5.97 Å². The number of anilines is 4. The van der Waals surface area contributed by atoms with E-state index in [9.17, 15) is 9.90 Å². The maximum atomic E-state index is 11.9. The number of methoxy groups -OCH3 is 1. The van der Waals surface area contributed by atoms with Gasteiger partial charge in [0, 0.05) is 26.0 Å². The van der Waals surface area contributed by atoms with Gasteiger partial charge in [0.2, 0.25) is 5.95 Å². The lowest BCUT2D eigenvalue weighted by molar-refractivity contribution is 0.0697. The van der Waals surface area contributed by atoms with Crippen LogP contribution in [0.4, 0.5) is 23.1 Å². The molecule has 1 aliphatic rings. The van der Waals surface area contributed by atoms with Crippen molar-refractivity contribution in [2.24, 2.45) is 13.0 Å². The van der Waals surface area contributed by atoms with Crippen molar-refractivity contribution in [3.63, 3.8) is 0 Å². The standard InChI is InChI=1S/C25H29N9O3/c1-33-15-27-22(32-33)18-9-6-10-20(21(18)37-2)30-23-19(24(35)36)12-26-25(31-23)29-17-11-28-34(14-17)13-16-7-4-3-5-8-16/h6,9-12,14-16H,3-5,7-8,13H2,1-2H3,(H,35,36)(H2,26,29,30,31). The van der Waals surface area contributed by atoms with E-state index in [0.29, 0.717) is 28.7 Å². The fraction of sp³-hybridized carbons (Fsp3) is 0.360. The van der Waals surface area contributed by atoms with Crippen LogP contribution in [0.3, 0.4) is 0 Å². The van der Waals surface area contributed by atoms with E-state index in [1.807, 2.05) is 16.9 Å². The fourth-order valence-electron chi connectivity index (χ4n) is 4.61. The van der Waals surface area contributed by atoms with E-state index >= 15 is 0 Å². The second kappa shape index (κ2) is 10.6. The third kappa shape index (κ3) is 5.52. The molecule has 0 amide bonds. The van der Waals surface area contributed by atoms with Crippen molar-refractivity contribution in [3.8, 4) is 17.1 Å². The summed E-state index contributed by atoms with van der Waals surface area (Å²) in [5.41, 5.74) is 1.82. The SMILES string of the molecule is COc1c(Nc2nc(Nc3cnn(CC4CCCCC4)c3)ncc2C(=O)O)cccc1-c1ncn(C)n1. The van der Waals surface area contributed by atoms with Gasteiger partial charge in [0.1, 0.15) is 11.9 Å². The average Bonchev–Trinajstić information content (AvgIpc) is 3.53. The third-order valence-corrected chi connectivity index (χ3v) is 6.39. The lowest BCUT2D eigenvalue weighted by atomic mass is 9.89. The number of carboxylic acids is 1. The Morgan fingerprint density at radius 1 is 1.16 bits per heavy atom. The topological polar surface area (TPSA) is 145 Å². The first-order valence-electron chi connectivity index (χ1n) is 12.2. The zero-order chi connectivity index (χ0) is 25.8. The van der Waals surface area contributed by atoms with Gasteiger partial charge in [0.05, 0.1) is 30.2 Å². The zero-order valence-electron chi connectivity index (χ0n) is 20.8. The summed E-state index contributed by atoms with van der Waals surface area (Å²) in [5.74, 6) is 0.792. The third-order valence-electron chi connectivity index (χ3n) is 6.39. The Morgan fingerprint density at radius 3 is 2.73 bits per heavy atom. The minimum absolute atomic E-state index is 0.0815. The molecule has 0 unspecified atom stereocenters. The van der Waals surface area contributed by atoms with Gasteiger partial charge in [-0.25, -0.2) is 14.8 Å². The van der Waals surface area contributed by atoms with Crippen LogP contribution in [0.5, 0.6) is 5.75 Å². The van der Waals surface area contributed by atoms with Crippen molar-refractivity contribution >= 4 is 29.1 Å². The molecule has 192 valence electrons. The van der Waals surface area contributed by atoms with Gasteiger partial charge in [-0.1, -0.05) is 25.3 Å². The van der Waals surface area contributed by atoms with E-state index in [-0.39, 0.29) is 17.3 Å². The number of hydrogen-bond acceptors (Lipinski definition) is 9. The number of benzene rings is 1. The number of ether oxygens (including phenoxy) is 1. The van der Waals surface area contributed by atoms with Crippen LogP contribution in [0, 0.1) is 5.92 Å². The highest BCUT2D eigenvalue weighted by molar-refractivity contribution is 5.94. The Kier molecular flexibility index (Phi) is 6.97. The van der Waals surface area contributed by atoms with Crippen LogP contribution in [0.25, 0.3) is 11.4 Å². The number of aryl methyl sites for hydroxylation is 1. The molecule has 3 aromatic heterocycles. The maximum Gasteiger partial charge on any atom is 0.341 e. The number of nitrogens with zero attached hydrogens (tertiary/aromatic N) is 7. The fourth-order valence-corrected chi connectivity index (χ4v) is 4.61. The smallest absolute Gasteiger partial charge is 0.341 e. The molecule has 37 heavy (non-hydrogen) atoms. The van der Waals surface area contributed by atoms with Crippen molar-refractivity contribution in [2.45, 2.75) is 38.6 Å². The van der Waals surface area contributed by atoms with Gasteiger partial charge in [-0.3, -0.25) is 9.36 Å². The van der Waals surface area contributed by atoms with E-state index in [4.69, 9.17) is 4.74 Å². The first kappa shape index (κ1) is 24.2. The van der Waals surface area contributed by atoms with E-state index < -0.39 is 5.97 Å². The molecular weight excluding hydrogens is 474 g/mol. The van der Waals surface area contributed by atoms with Gasteiger partial charge in [0.15, 0.2) is 17.4 Å². The van der Waals surface area contributed by atoms with Crippen LogP contribution in [-0.4, -0.2) is 52.7 Å². The predicted octanol–water partition coefficient (Wildman–Crippen LogP) is 4.24. The lowest BCUT2D eigenvalue weighted by Crippen LogP contribution is -2.14. The summed E-state index contributed by atoms with van der Waals surface area (Å²) >= 11 is 0. The second-order valence-corrected chi connectivity index (χ2v) is 9.09. The molecule has 1 aromatic carbocycles. The Hall–Kier alpha value is -4.48. The number of carbonyl (C=O) groups is 1. The molecule has 0 bridgehead atoms. The van der Waals surface area contributed by atoms with Crippen molar-refractivity contribution < 1.29 is 14.6 Å². The van der Waals surface area contributed by atoms with E-state index in [0.717, 1.165) is 12.2 Å². The Morgan fingerprint density at radius 2 is 2.00 bits per heavy atom. The van der Waals surface area contributed by atoms with Gasteiger partial charge in [0.25, 0.3) is 0 Å². The van der Waals surface area contributed by atoms with Crippen molar-refractivity contribution in [1.82, 2.24) is 34.5 Å². The van der Waals surface area contributed by atoms with Crippen molar-refractivity contribution in [3.05, 3.63) is 48.7 Å². The number of aromatic nitrogens is 7. The van der Waals surface area contributed by atoms with Crippen LogP contribution >= 0.6 is 0 Å². The second-order valence-electron chi connectivity index (χ2n) is 9.09. The zero-order valence-corrected chi connectivity index (χ0v) is 20.8. The molecule has 5 rings (SSSR count). The van der Waals surface area contributed by atoms with Crippen LogP contribution in [0.15, 0.2) is 43.1 Å². The normalized spacial score (nSPS) is 13.9. The number of nitrogens with one attached hydrogen (secondary N) is 2. The molecule has 0 atom stereocenters. The largest absolute Gasteiger partial charge is 0.494 e. The monoisotopic (exact) mass is 503 g/mol. The molecule has 12 nitrogen and oxygen atoms in total. The summed E-state index contributed by atoms with van der Waals surface area (Å²) in [6, 6.07) is 5.40. The van der Waals surface area contributed by atoms with Crippen LogP contribution < -0.4 is 15.4 Å². The number of hydrogen-bond donors (Lipinski definition) is 3. The van der Waals surface area contributed by atoms with Crippen molar-refractivity contribution in [2.75, 3.05) is 17.7 Å². The molecule has 0 spiro atoms. The molecule has 0 aliphatic heterocycles. The number of para-hydroxylation sites is 1. The number of aromatic carboxylic acids is 1. The molecule has 12 heteroatoms. The molecule has 1 saturated carbocycles. The maximum absolute atomic E-state index is 11.9. The summed E-state index contributed by atoms with van der Waals surface area (Å²) < 4.78 is 9.16. The van der Waals surface area contributed by atoms with E-state index in [1.54, 1.807) is 36.4 Å². The van der Waals surface area contributed by atoms with Gasteiger partial charge in [-0.2, -0.15) is 15.2 Å². The molecule has 0 saturated heterocycles. The Balaban J connectivity index is 1.39. The molecule has 1 aliphatic carbocycles. The van der Waals surface area contributed by atoms with Gasteiger partial charge < -0.3 is 20.5 Å². The highest BCUT2D eigenvalue weighted by Gasteiger charge is 2.19. The average molecular weight is 504 g/mol. The Bertz CT molecular complexity index is 1390. The molecular formula is C25H29N9O3. The number of carboxylic acid groups (broad SMARTS) is 1.